The normalized spacial score (nSPS) is 14.3. The summed E-state index contributed by atoms with van der Waals surface area (Å²) in [6.45, 7) is 8.03. The first-order valence-electron chi connectivity index (χ1n) is 9.43. The molecule has 7 heteroatoms. The Bertz CT molecular complexity index is 760. The van der Waals surface area contributed by atoms with E-state index in [9.17, 15) is 4.79 Å². The average molecular weight is 369 g/mol. The van der Waals surface area contributed by atoms with Crippen molar-refractivity contribution in [3.63, 3.8) is 0 Å². The van der Waals surface area contributed by atoms with Gasteiger partial charge in [-0.25, -0.2) is 9.97 Å². The zero-order valence-corrected chi connectivity index (χ0v) is 15.9. The summed E-state index contributed by atoms with van der Waals surface area (Å²) in [6.07, 6.45) is 2.54. The first-order valence-corrected chi connectivity index (χ1v) is 9.43. The number of benzene rings is 1. The molecular formula is C20H27N5O2. The van der Waals surface area contributed by atoms with E-state index in [1.165, 1.54) is 0 Å². The lowest BCUT2D eigenvalue weighted by atomic mass is 10.1. The third-order valence-corrected chi connectivity index (χ3v) is 4.40. The van der Waals surface area contributed by atoms with E-state index >= 15 is 0 Å². The van der Waals surface area contributed by atoms with E-state index in [1.54, 1.807) is 12.3 Å². The van der Waals surface area contributed by atoms with Crippen LogP contribution < -0.4 is 15.5 Å². The van der Waals surface area contributed by atoms with E-state index < -0.39 is 0 Å². The van der Waals surface area contributed by atoms with E-state index in [-0.39, 0.29) is 5.91 Å². The van der Waals surface area contributed by atoms with Crippen LogP contribution in [0.4, 0.5) is 17.3 Å². The van der Waals surface area contributed by atoms with Gasteiger partial charge in [0.1, 0.15) is 5.69 Å². The van der Waals surface area contributed by atoms with E-state index in [4.69, 9.17) is 4.74 Å². The molecule has 0 saturated carbocycles. The van der Waals surface area contributed by atoms with Gasteiger partial charge in [-0.05, 0) is 30.5 Å². The van der Waals surface area contributed by atoms with Crippen molar-refractivity contribution in [2.75, 3.05) is 43.1 Å². The maximum atomic E-state index is 12.3. The monoisotopic (exact) mass is 369 g/mol. The highest BCUT2D eigenvalue weighted by Gasteiger charge is 2.15. The van der Waals surface area contributed by atoms with Crippen LogP contribution in [-0.4, -0.2) is 48.7 Å². The SMILES string of the molecule is CC(C)CCNC(=O)c1ccnc(Nc2ccccc2N2CCOCC2)n1. The van der Waals surface area contributed by atoms with Gasteiger partial charge in [-0.3, -0.25) is 4.79 Å². The molecule has 0 bridgehead atoms. The summed E-state index contributed by atoms with van der Waals surface area (Å²) in [7, 11) is 0. The molecule has 0 atom stereocenters. The molecule has 0 spiro atoms. The number of morpholine rings is 1. The van der Waals surface area contributed by atoms with Crippen molar-refractivity contribution in [3.05, 3.63) is 42.2 Å². The molecule has 1 saturated heterocycles. The molecule has 1 fully saturated rings. The predicted molar refractivity (Wildman–Crippen MR) is 107 cm³/mol. The van der Waals surface area contributed by atoms with Crippen LogP contribution in [0, 0.1) is 5.92 Å². The van der Waals surface area contributed by atoms with Gasteiger partial charge in [-0.1, -0.05) is 26.0 Å². The van der Waals surface area contributed by atoms with Crippen molar-refractivity contribution in [2.45, 2.75) is 20.3 Å². The van der Waals surface area contributed by atoms with Gasteiger partial charge < -0.3 is 20.3 Å². The number of carbonyl (C=O) groups is 1. The van der Waals surface area contributed by atoms with E-state index in [0.717, 1.165) is 44.1 Å². The number of para-hydroxylation sites is 2. The van der Waals surface area contributed by atoms with Crippen LogP contribution in [0.25, 0.3) is 0 Å². The molecule has 1 amide bonds. The molecule has 1 aromatic carbocycles. The standard InChI is InChI=1S/C20H27N5O2/c1-15(2)7-9-21-19(26)17-8-10-22-20(24-17)23-16-5-3-4-6-18(16)25-11-13-27-14-12-25/h3-6,8,10,15H,7,9,11-14H2,1-2H3,(H,21,26)(H,22,23,24). The van der Waals surface area contributed by atoms with Crippen molar-refractivity contribution in [2.24, 2.45) is 5.92 Å². The van der Waals surface area contributed by atoms with Crippen LogP contribution in [-0.2, 0) is 4.74 Å². The first kappa shape index (κ1) is 19.1. The minimum atomic E-state index is -0.178. The summed E-state index contributed by atoms with van der Waals surface area (Å²) in [5, 5.41) is 6.16. The molecular weight excluding hydrogens is 342 g/mol. The highest BCUT2D eigenvalue weighted by atomic mass is 16.5. The molecule has 3 rings (SSSR count). The fourth-order valence-corrected chi connectivity index (χ4v) is 2.89. The molecule has 1 aliphatic heterocycles. The highest BCUT2D eigenvalue weighted by Crippen LogP contribution is 2.28. The Labute approximate surface area is 160 Å². The summed E-state index contributed by atoms with van der Waals surface area (Å²) in [4.78, 5) is 23.2. The van der Waals surface area contributed by atoms with Gasteiger partial charge in [0.15, 0.2) is 0 Å². The second-order valence-corrected chi connectivity index (χ2v) is 6.95. The Kier molecular flexibility index (Phi) is 6.59. The van der Waals surface area contributed by atoms with Gasteiger partial charge in [0.05, 0.1) is 24.6 Å². The van der Waals surface area contributed by atoms with Crippen LogP contribution >= 0.6 is 0 Å². The lowest BCUT2D eigenvalue weighted by Gasteiger charge is -2.30. The van der Waals surface area contributed by atoms with Gasteiger partial charge in [0.25, 0.3) is 5.91 Å². The zero-order valence-electron chi connectivity index (χ0n) is 15.9. The lowest BCUT2D eigenvalue weighted by molar-refractivity contribution is 0.0947. The number of ether oxygens (including phenoxy) is 1. The van der Waals surface area contributed by atoms with Gasteiger partial charge in [0, 0.05) is 25.8 Å². The van der Waals surface area contributed by atoms with E-state index in [1.807, 2.05) is 18.2 Å². The number of carbonyl (C=O) groups excluding carboxylic acids is 1. The van der Waals surface area contributed by atoms with Crippen molar-refractivity contribution in [1.82, 2.24) is 15.3 Å². The molecule has 1 aliphatic rings. The van der Waals surface area contributed by atoms with Crippen LogP contribution in [0.5, 0.6) is 0 Å². The molecule has 2 heterocycles. The number of nitrogens with one attached hydrogen (secondary N) is 2. The quantitative estimate of drug-likeness (QED) is 0.781. The summed E-state index contributed by atoms with van der Waals surface area (Å²) >= 11 is 0. The van der Waals surface area contributed by atoms with Crippen LogP contribution in [0.15, 0.2) is 36.5 Å². The smallest absolute Gasteiger partial charge is 0.270 e. The van der Waals surface area contributed by atoms with Crippen LogP contribution in [0.3, 0.4) is 0 Å². The predicted octanol–water partition coefficient (Wildman–Crippen LogP) is 2.83. The molecule has 0 unspecified atom stereocenters. The van der Waals surface area contributed by atoms with Gasteiger partial charge in [0.2, 0.25) is 5.95 Å². The molecule has 144 valence electrons. The van der Waals surface area contributed by atoms with Gasteiger partial charge in [-0.2, -0.15) is 0 Å². The van der Waals surface area contributed by atoms with Crippen molar-refractivity contribution >= 4 is 23.2 Å². The van der Waals surface area contributed by atoms with E-state index in [0.29, 0.717) is 24.1 Å². The minimum Gasteiger partial charge on any atom is -0.378 e. The molecule has 0 radical (unpaired) electrons. The van der Waals surface area contributed by atoms with Gasteiger partial charge >= 0.3 is 0 Å². The Balaban J connectivity index is 1.70. The van der Waals surface area contributed by atoms with E-state index in [2.05, 4.69) is 45.4 Å². The fourth-order valence-electron chi connectivity index (χ4n) is 2.89. The molecule has 27 heavy (non-hydrogen) atoms. The molecule has 7 nitrogen and oxygen atoms in total. The average Bonchev–Trinajstić information content (AvgIpc) is 2.69. The van der Waals surface area contributed by atoms with Crippen molar-refractivity contribution in [1.29, 1.82) is 0 Å². The second kappa shape index (κ2) is 9.32. The van der Waals surface area contributed by atoms with Crippen LogP contribution in [0.2, 0.25) is 0 Å². The number of nitrogens with zero attached hydrogens (tertiary/aromatic N) is 3. The number of hydrogen-bond donors (Lipinski definition) is 2. The fraction of sp³-hybridized carbons (Fsp3) is 0.450. The molecule has 0 aliphatic carbocycles. The van der Waals surface area contributed by atoms with Crippen LogP contribution in [0.1, 0.15) is 30.8 Å². The summed E-state index contributed by atoms with van der Waals surface area (Å²) in [5.41, 5.74) is 2.35. The third-order valence-electron chi connectivity index (χ3n) is 4.40. The number of aromatic nitrogens is 2. The summed E-state index contributed by atoms with van der Waals surface area (Å²) in [5.74, 6) is 0.777. The number of rotatable bonds is 7. The maximum absolute atomic E-state index is 12.3. The summed E-state index contributed by atoms with van der Waals surface area (Å²) < 4.78 is 5.44. The first-order chi connectivity index (χ1) is 13.1. The Morgan fingerprint density at radius 3 is 2.78 bits per heavy atom. The number of anilines is 3. The minimum absolute atomic E-state index is 0.178. The molecule has 2 N–H and O–H groups in total. The summed E-state index contributed by atoms with van der Waals surface area (Å²) in [6, 6.07) is 9.66. The Morgan fingerprint density at radius 2 is 2.00 bits per heavy atom. The third kappa shape index (κ3) is 5.40. The number of hydrogen-bond acceptors (Lipinski definition) is 6. The second-order valence-electron chi connectivity index (χ2n) is 6.95. The largest absolute Gasteiger partial charge is 0.378 e. The molecule has 2 aromatic rings. The highest BCUT2D eigenvalue weighted by molar-refractivity contribution is 5.92. The Hall–Kier alpha value is -2.67. The number of amides is 1. The topological polar surface area (TPSA) is 79.4 Å². The van der Waals surface area contributed by atoms with Crippen molar-refractivity contribution < 1.29 is 9.53 Å². The zero-order chi connectivity index (χ0) is 19.1. The molecule has 1 aromatic heterocycles. The van der Waals surface area contributed by atoms with Crippen molar-refractivity contribution in [3.8, 4) is 0 Å². The maximum Gasteiger partial charge on any atom is 0.270 e. The Morgan fingerprint density at radius 1 is 1.22 bits per heavy atom. The lowest BCUT2D eigenvalue weighted by Crippen LogP contribution is -2.36. The van der Waals surface area contributed by atoms with Gasteiger partial charge in [-0.15, -0.1) is 0 Å².